The molecular weight excluding hydrogens is 639 g/mol. The lowest BCUT2D eigenvalue weighted by molar-refractivity contribution is -0.127. The summed E-state index contributed by atoms with van der Waals surface area (Å²) in [5, 5.41) is 18.6. The number of likely N-dealkylation sites (tertiary alicyclic amines) is 1. The molecule has 1 amide bonds. The number of carboxylic acid groups (broad SMARTS) is 1. The molecule has 0 bridgehead atoms. The smallest absolute Gasteiger partial charge is 0.335 e. The summed E-state index contributed by atoms with van der Waals surface area (Å²) in [5.41, 5.74) is 0.505. The Kier molecular flexibility index (Phi) is 6.98. The monoisotopic (exact) mass is 666 g/mol. The van der Waals surface area contributed by atoms with Crippen molar-refractivity contribution in [3.8, 4) is 5.88 Å². The van der Waals surface area contributed by atoms with Gasteiger partial charge in [-0.3, -0.25) is 9.69 Å². The Hall–Kier alpha value is -3.47. The van der Waals surface area contributed by atoms with Crippen LogP contribution in [0.15, 0.2) is 65.1 Å². The lowest BCUT2D eigenvalue weighted by atomic mass is 9.74. The molecule has 11 heteroatoms. The minimum atomic E-state index is -1.15. The highest BCUT2D eigenvalue weighted by molar-refractivity contribution is 9.10. The Labute approximate surface area is 260 Å². The van der Waals surface area contributed by atoms with E-state index in [9.17, 15) is 14.7 Å². The lowest BCUT2D eigenvalue weighted by Crippen LogP contribution is -2.57. The number of fused-ring (bicyclic) bond motifs is 4. The number of carbonyl (C=O) groups is 2. The van der Waals surface area contributed by atoms with Crippen molar-refractivity contribution < 1.29 is 23.8 Å². The number of rotatable bonds is 6. The number of hydrogen-bond acceptors (Lipinski definition) is 5. The summed E-state index contributed by atoms with van der Waals surface area (Å²) in [5.74, 6) is -1.51. The number of halogens is 3. The number of carbonyl (C=O) groups excluding carboxylic acids is 1. The third-order valence-electron chi connectivity index (χ3n) is 9.25. The molecule has 2 aliphatic heterocycles. The number of amides is 1. The lowest BCUT2D eigenvalue weighted by Gasteiger charge is -2.40. The van der Waals surface area contributed by atoms with Crippen molar-refractivity contribution in [3.63, 3.8) is 0 Å². The van der Waals surface area contributed by atoms with E-state index in [1.807, 2.05) is 6.92 Å². The summed E-state index contributed by atoms with van der Waals surface area (Å²) in [6.45, 7) is 3.22. The van der Waals surface area contributed by atoms with Crippen LogP contribution in [-0.4, -0.2) is 56.4 Å². The van der Waals surface area contributed by atoms with Crippen LogP contribution in [-0.2, 0) is 11.3 Å². The van der Waals surface area contributed by atoms with Gasteiger partial charge in [0.05, 0.1) is 27.0 Å². The van der Waals surface area contributed by atoms with Crippen molar-refractivity contribution in [3.05, 3.63) is 87.1 Å². The van der Waals surface area contributed by atoms with Gasteiger partial charge < -0.3 is 15.2 Å². The van der Waals surface area contributed by atoms with Crippen LogP contribution >= 0.6 is 27.5 Å². The van der Waals surface area contributed by atoms with Gasteiger partial charge in [0.15, 0.2) is 0 Å². The van der Waals surface area contributed by atoms with Gasteiger partial charge in [-0.1, -0.05) is 29.8 Å². The quantitative estimate of drug-likeness (QED) is 0.242. The summed E-state index contributed by atoms with van der Waals surface area (Å²) >= 11 is 9.61. The first-order chi connectivity index (χ1) is 20.6. The van der Waals surface area contributed by atoms with E-state index in [1.165, 1.54) is 6.07 Å². The third-order valence-corrected chi connectivity index (χ3v) is 10.1. The molecule has 7 rings (SSSR count). The number of nitrogens with zero attached hydrogens (tertiary/aromatic N) is 3. The first kappa shape index (κ1) is 28.3. The highest BCUT2D eigenvalue weighted by Gasteiger charge is 2.62. The van der Waals surface area contributed by atoms with E-state index in [0.717, 1.165) is 12.8 Å². The van der Waals surface area contributed by atoms with Crippen LogP contribution in [0.2, 0.25) is 5.02 Å². The summed E-state index contributed by atoms with van der Waals surface area (Å²) in [7, 11) is 0. The second-order valence-electron chi connectivity index (χ2n) is 11.9. The van der Waals surface area contributed by atoms with Crippen molar-refractivity contribution in [1.82, 2.24) is 14.7 Å². The number of carboxylic acids is 1. The van der Waals surface area contributed by atoms with E-state index in [2.05, 4.69) is 26.1 Å². The second-order valence-corrected chi connectivity index (χ2v) is 13.2. The van der Waals surface area contributed by atoms with Crippen LogP contribution in [0.1, 0.15) is 41.6 Å². The molecule has 0 radical (unpaired) electrons. The standard InChI is InChI=1S/C32H29BrClFN4O4/c1-32(31(42)36-20-5-2-4-19(34)13-20)27(22-6-3-7-24(33)28(22)35)23-15-39-29(43-16-26(23)38(32)14-17-8-9-17)21-11-10-18(30(40)41)12-25(21)37-39/h2-7,10-13,17,23,26-27H,8-9,14-16H2,1H3,(H,36,42)(H,40,41)/t23-,26+,27+,32-/m1/s1. The Morgan fingerprint density at radius 3 is 2.72 bits per heavy atom. The molecule has 1 aliphatic carbocycles. The highest BCUT2D eigenvalue weighted by atomic mass is 79.9. The number of aromatic carboxylic acids is 1. The van der Waals surface area contributed by atoms with Gasteiger partial charge in [0.2, 0.25) is 11.8 Å². The molecule has 0 spiro atoms. The maximum Gasteiger partial charge on any atom is 0.335 e. The van der Waals surface area contributed by atoms with E-state index in [1.54, 1.807) is 59.3 Å². The topological polar surface area (TPSA) is 96.7 Å². The minimum absolute atomic E-state index is 0.134. The summed E-state index contributed by atoms with van der Waals surface area (Å²) < 4.78 is 24.6. The maximum atomic E-state index is 16.1. The van der Waals surface area contributed by atoms with E-state index in [4.69, 9.17) is 21.4 Å². The van der Waals surface area contributed by atoms with Gasteiger partial charge >= 0.3 is 5.97 Å². The van der Waals surface area contributed by atoms with Crippen LogP contribution < -0.4 is 10.1 Å². The molecule has 43 heavy (non-hydrogen) atoms. The maximum absolute atomic E-state index is 16.1. The zero-order valence-electron chi connectivity index (χ0n) is 23.3. The molecule has 1 saturated heterocycles. The number of nitrogens with one attached hydrogen (secondary N) is 1. The van der Waals surface area contributed by atoms with Crippen molar-refractivity contribution in [1.29, 1.82) is 0 Å². The van der Waals surface area contributed by atoms with E-state index in [-0.39, 0.29) is 30.0 Å². The Morgan fingerprint density at radius 2 is 1.98 bits per heavy atom. The minimum Gasteiger partial charge on any atom is -0.478 e. The van der Waals surface area contributed by atoms with Gasteiger partial charge in [-0.25, -0.2) is 13.9 Å². The summed E-state index contributed by atoms with van der Waals surface area (Å²) in [4.78, 5) is 28.4. The van der Waals surface area contributed by atoms with Gasteiger partial charge in [-0.15, -0.1) is 0 Å². The number of benzene rings is 3. The summed E-state index contributed by atoms with van der Waals surface area (Å²) in [6, 6.07) is 16.8. The molecule has 3 heterocycles. The van der Waals surface area contributed by atoms with Crippen molar-refractivity contribution >= 4 is 56.0 Å². The van der Waals surface area contributed by atoms with Crippen LogP contribution in [0.4, 0.5) is 10.1 Å². The molecule has 3 aliphatic rings. The first-order valence-electron chi connectivity index (χ1n) is 14.3. The Balaban J connectivity index is 1.37. The molecule has 3 aromatic carbocycles. The number of hydrogen-bond donors (Lipinski definition) is 2. The van der Waals surface area contributed by atoms with Gasteiger partial charge in [0.25, 0.3) is 0 Å². The number of ether oxygens (including phenoxy) is 1. The zero-order valence-corrected chi connectivity index (χ0v) is 25.6. The number of aromatic nitrogens is 2. The molecular formula is C32H29BrClFN4O4. The third kappa shape index (κ3) is 4.80. The fourth-order valence-corrected chi connectivity index (χ4v) is 7.58. The Morgan fingerprint density at radius 1 is 1.19 bits per heavy atom. The largest absolute Gasteiger partial charge is 0.478 e. The molecule has 4 atom stereocenters. The highest BCUT2D eigenvalue weighted by Crippen LogP contribution is 2.54. The van der Waals surface area contributed by atoms with Gasteiger partial charge in [-0.2, -0.15) is 5.10 Å². The fourth-order valence-electron chi connectivity index (χ4n) is 7.01. The van der Waals surface area contributed by atoms with Gasteiger partial charge in [0.1, 0.15) is 18.0 Å². The predicted molar refractivity (Wildman–Crippen MR) is 164 cm³/mol. The Bertz CT molecular complexity index is 1780. The van der Waals surface area contributed by atoms with Gasteiger partial charge in [-0.05, 0) is 89.6 Å². The van der Waals surface area contributed by atoms with Crippen LogP contribution in [0.5, 0.6) is 5.88 Å². The predicted octanol–water partition coefficient (Wildman–Crippen LogP) is 6.57. The second kappa shape index (κ2) is 10.6. The normalized spacial score (nSPS) is 25.1. The molecule has 4 aromatic rings. The zero-order chi connectivity index (χ0) is 30.0. The van der Waals surface area contributed by atoms with E-state index in [0.29, 0.717) is 56.5 Å². The molecule has 0 unspecified atom stereocenters. The molecule has 2 fully saturated rings. The van der Waals surface area contributed by atoms with Crippen LogP contribution in [0.3, 0.4) is 0 Å². The first-order valence-corrected chi connectivity index (χ1v) is 15.5. The number of anilines is 1. The van der Waals surface area contributed by atoms with Gasteiger partial charge in [0, 0.05) is 35.6 Å². The van der Waals surface area contributed by atoms with Crippen molar-refractivity contribution in [2.24, 2.45) is 11.8 Å². The average molecular weight is 668 g/mol. The molecule has 1 saturated carbocycles. The van der Waals surface area contributed by atoms with Crippen LogP contribution in [0, 0.1) is 17.7 Å². The van der Waals surface area contributed by atoms with Crippen molar-refractivity contribution in [2.75, 3.05) is 18.5 Å². The fraction of sp³-hybridized carbons (Fsp3) is 0.344. The average Bonchev–Trinajstić information content (AvgIpc) is 3.72. The van der Waals surface area contributed by atoms with Crippen molar-refractivity contribution in [2.45, 2.75) is 43.8 Å². The molecule has 2 N–H and O–H groups in total. The molecule has 1 aromatic heterocycles. The SMILES string of the molecule is C[C@]1(C(=O)Nc2cccc(Cl)c2)[C@@H](c2cccc(Br)c2F)[C@@H]2Cn3nc4cc(C(=O)O)ccc4c3OC[C@@H]2N1CC1CC1. The molecule has 8 nitrogen and oxygen atoms in total. The summed E-state index contributed by atoms with van der Waals surface area (Å²) in [6.07, 6.45) is 2.16. The molecule has 222 valence electrons. The van der Waals surface area contributed by atoms with Crippen LogP contribution in [0.25, 0.3) is 10.9 Å². The van der Waals surface area contributed by atoms with E-state index >= 15 is 4.39 Å². The van der Waals surface area contributed by atoms with E-state index < -0.39 is 23.2 Å².